The van der Waals surface area contributed by atoms with Crippen LogP contribution in [-0.2, 0) is 6.42 Å². The first kappa shape index (κ1) is 8.75. The van der Waals surface area contributed by atoms with Crippen LogP contribution in [0.25, 0.3) is 6.08 Å². The molecule has 14 heavy (non-hydrogen) atoms. The minimum Gasteiger partial charge on any atom is -0.383 e. The zero-order chi connectivity index (χ0) is 10.1. The summed E-state index contributed by atoms with van der Waals surface area (Å²) in [6.45, 7) is 7.59. The molecule has 0 aliphatic carbocycles. The van der Waals surface area contributed by atoms with Crippen LogP contribution in [0, 0.1) is 0 Å². The molecule has 2 nitrogen and oxygen atoms in total. The standard InChI is InChI=1S/C12H12N2/c1-3-9-5-4-6-10-7-8(2)14-12(13)11(9)10/h3-6H,1-2,7H2,(H2,13,14). The van der Waals surface area contributed by atoms with E-state index in [1.165, 1.54) is 5.56 Å². The summed E-state index contributed by atoms with van der Waals surface area (Å²) >= 11 is 0. The Morgan fingerprint density at radius 2 is 2.21 bits per heavy atom. The number of aliphatic imine (C=N–C) groups is 1. The van der Waals surface area contributed by atoms with Gasteiger partial charge in [-0.3, -0.25) is 0 Å². The highest BCUT2D eigenvalue weighted by atomic mass is 14.9. The van der Waals surface area contributed by atoms with Gasteiger partial charge in [0.1, 0.15) is 5.84 Å². The number of allylic oxidation sites excluding steroid dienone is 1. The van der Waals surface area contributed by atoms with Gasteiger partial charge >= 0.3 is 0 Å². The average Bonchev–Trinajstić information content (AvgIpc) is 2.16. The van der Waals surface area contributed by atoms with E-state index in [9.17, 15) is 0 Å². The highest BCUT2D eigenvalue weighted by molar-refractivity contribution is 6.03. The molecular formula is C12H12N2. The van der Waals surface area contributed by atoms with Crippen molar-refractivity contribution >= 4 is 11.9 Å². The number of fused-ring (bicyclic) bond motifs is 1. The second-order valence-corrected chi connectivity index (χ2v) is 3.33. The number of rotatable bonds is 1. The Morgan fingerprint density at radius 3 is 2.93 bits per heavy atom. The van der Waals surface area contributed by atoms with Crippen molar-refractivity contribution in [1.29, 1.82) is 0 Å². The Balaban J connectivity index is 2.69. The van der Waals surface area contributed by atoms with Crippen LogP contribution in [0.1, 0.15) is 16.7 Å². The molecule has 0 unspecified atom stereocenters. The smallest absolute Gasteiger partial charge is 0.131 e. The zero-order valence-electron chi connectivity index (χ0n) is 7.96. The maximum absolute atomic E-state index is 5.85. The van der Waals surface area contributed by atoms with Crippen LogP contribution in [0.4, 0.5) is 0 Å². The number of hydrogen-bond donors (Lipinski definition) is 1. The average molecular weight is 184 g/mol. The van der Waals surface area contributed by atoms with Gasteiger partial charge in [-0.25, -0.2) is 4.99 Å². The van der Waals surface area contributed by atoms with E-state index >= 15 is 0 Å². The van der Waals surface area contributed by atoms with E-state index in [0.717, 1.165) is 23.2 Å². The molecule has 0 atom stereocenters. The van der Waals surface area contributed by atoms with Crippen molar-refractivity contribution in [2.75, 3.05) is 0 Å². The molecule has 1 aromatic rings. The molecule has 0 saturated carbocycles. The lowest BCUT2D eigenvalue weighted by Crippen LogP contribution is -2.21. The predicted octanol–water partition coefficient (Wildman–Crippen LogP) is 2.10. The minimum atomic E-state index is 0.548. The molecule has 1 aromatic carbocycles. The first-order chi connectivity index (χ1) is 6.72. The van der Waals surface area contributed by atoms with Crippen molar-refractivity contribution < 1.29 is 0 Å². The Kier molecular flexibility index (Phi) is 1.97. The summed E-state index contributed by atoms with van der Waals surface area (Å²) in [6.07, 6.45) is 2.58. The molecule has 0 aromatic heterocycles. The first-order valence-corrected chi connectivity index (χ1v) is 4.49. The monoisotopic (exact) mass is 184 g/mol. The molecule has 1 heterocycles. The van der Waals surface area contributed by atoms with Gasteiger partial charge in [-0.2, -0.15) is 0 Å². The molecule has 0 bridgehead atoms. The summed E-state index contributed by atoms with van der Waals surface area (Å²) in [4.78, 5) is 4.18. The first-order valence-electron chi connectivity index (χ1n) is 4.49. The Bertz CT molecular complexity index is 442. The normalized spacial score (nSPS) is 14.6. The number of nitrogens with two attached hydrogens (primary N) is 1. The molecule has 1 aliphatic rings. The van der Waals surface area contributed by atoms with E-state index in [0.29, 0.717) is 5.84 Å². The molecule has 0 amide bonds. The Hall–Kier alpha value is -1.83. The van der Waals surface area contributed by atoms with Gasteiger partial charge in [-0.15, -0.1) is 0 Å². The van der Waals surface area contributed by atoms with Crippen LogP contribution in [0.5, 0.6) is 0 Å². The fourth-order valence-corrected chi connectivity index (χ4v) is 1.74. The van der Waals surface area contributed by atoms with Gasteiger partial charge in [0, 0.05) is 17.7 Å². The van der Waals surface area contributed by atoms with Crippen LogP contribution >= 0.6 is 0 Å². The molecule has 1 aliphatic heterocycles. The molecule has 0 fully saturated rings. The SMILES string of the molecule is C=Cc1cccc2c1C(N)=NC(=C)C2. The second kappa shape index (κ2) is 3.14. The molecular weight excluding hydrogens is 172 g/mol. The molecule has 2 heteroatoms. The van der Waals surface area contributed by atoms with Gasteiger partial charge in [-0.05, 0) is 11.1 Å². The van der Waals surface area contributed by atoms with E-state index in [2.05, 4.69) is 24.2 Å². The van der Waals surface area contributed by atoms with Crippen molar-refractivity contribution in [3.63, 3.8) is 0 Å². The van der Waals surface area contributed by atoms with Gasteiger partial charge in [0.05, 0.1) is 0 Å². The van der Waals surface area contributed by atoms with Gasteiger partial charge < -0.3 is 5.73 Å². The third kappa shape index (κ3) is 1.25. The van der Waals surface area contributed by atoms with Gasteiger partial charge in [0.2, 0.25) is 0 Å². The van der Waals surface area contributed by atoms with Crippen LogP contribution in [0.3, 0.4) is 0 Å². The summed E-state index contributed by atoms with van der Waals surface area (Å²) < 4.78 is 0. The fourth-order valence-electron chi connectivity index (χ4n) is 1.74. The zero-order valence-corrected chi connectivity index (χ0v) is 7.96. The van der Waals surface area contributed by atoms with Gasteiger partial charge in [-0.1, -0.05) is 37.4 Å². The summed E-state index contributed by atoms with van der Waals surface area (Å²) in [5.74, 6) is 0.548. The maximum atomic E-state index is 5.85. The van der Waals surface area contributed by atoms with E-state index < -0.39 is 0 Å². The van der Waals surface area contributed by atoms with Crippen LogP contribution in [-0.4, -0.2) is 5.84 Å². The Morgan fingerprint density at radius 1 is 1.43 bits per heavy atom. The van der Waals surface area contributed by atoms with E-state index in [1.807, 2.05) is 12.1 Å². The lowest BCUT2D eigenvalue weighted by molar-refractivity contribution is 1.08. The lowest BCUT2D eigenvalue weighted by Gasteiger charge is -2.17. The van der Waals surface area contributed by atoms with Crippen LogP contribution < -0.4 is 5.73 Å². The predicted molar refractivity (Wildman–Crippen MR) is 60.1 cm³/mol. The third-order valence-electron chi connectivity index (χ3n) is 2.33. The molecule has 0 spiro atoms. The number of hydrogen-bond acceptors (Lipinski definition) is 2. The Labute approximate surface area is 83.5 Å². The molecule has 2 rings (SSSR count). The highest BCUT2D eigenvalue weighted by Crippen LogP contribution is 2.23. The molecule has 0 radical (unpaired) electrons. The van der Waals surface area contributed by atoms with Crippen molar-refractivity contribution in [3.05, 3.63) is 53.7 Å². The topological polar surface area (TPSA) is 38.4 Å². The molecule has 2 N–H and O–H groups in total. The van der Waals surface area contributed by atoms with Crippen LogP contribution in [0.15, 0.2) is 42.0 Å². The van der Waals surface area contributed by atoms with Crippen LogP contribution in [0.2, 0.25) is 0 Å². The quantitative estimate of drug-likeness (QED) is 0.713. The van der Waals surface area contributed by atoms with Crippen molar-refractivity contribution in [1.82, 2.24) is 0 Å². The third-order valence-corrected chi connectivity index (χ3v) is 2.33. The van der Waals surface area contributed by atoms with Gasteiger partial charge in [0.25, 0.3) is 0 Å². The summed E-state index contributed by atoms with van der Waals surface area (Å²) in [5, 5.41) is 0. The van der Waals surface area contributed by atoms with Crippen molar-refractivity contribution in [3.8, 4) is 0 Å². The van der Waals surface area contributed by atoms with Crippen molar-refractivity contribution in [2.45, 2.75) is 6.42 Å². The van der Waals surface area contributed by atoms with Crippen molar-refractivity contribution in [2.24, 2.45) is 10.7 Å². The summed E-state index contributed by atoms with van der Waals surface area (Å²) in [6, 6.07) is 6.04. The second-order valence-electron chi connectivity index (χ2n) is 3.33. The van der Waals surface area contributed by atoms with Gasteiger partial charge in [0.15, 0.2) is 0 Å². The minimum absolute atomic E-state index is 0.548. The maximum Gasteiger partial charge on any atom is 0.131 e. The lowest BCUT2D eigenvalue weighted by atomic mass is 9.95. The fraction of sp³-hybridized carbons (Fsp3) is 0.0833. The largest absolute Gasteiger partial charge is 0.383 e. The van der Waals surface area contributed by atoms with E-state index in [4.69, 9.17) is 5.73 Å². The number of benzene rings is 1. The summed E-state index contributed by atoms with van der Waals surface area (Å²) in [7, 11) is 0. The number of nitrogens with zero attached hydrogens (tertiary/aromatic N) is 1. The van der Waals surface area contributed by atoms with E-state index in [-0.39, 0.29) is 0 Å². The summed E-state index contributed by atoms with van der Waals surface area (Å²) in [5.41, 5.74) is 9.90. The molecule has 0 saturated heterocycles. The highest BCUT2D eigenvalue weighted by Gasteiger charge is 2.15. The molecule has 70 valence electrons. The van der Waals surface area contributed by atoms with E-state index in [1.54, 1.807) is 6.08 Å². The number of amidine groups is 1.